The average molecular weight is 496 g/mol. The highest BCUT2D eigenvalue weighted by Gasteiger charge is 2.45. The Labute approximate surface area is 205 Å². The molecule has 3 aliphatic rings. The Balaban J connectivity index is 1.58. The van der Waals surface area contributed by atoms with E-state index in [1.807, 2.05) is 24.3 Å². The molecule has 1 fully saturated rings. The fourth-order valence-electron chi connectivity index (χ4n) is 5.40. The van der Waals surface area contributed by atoms with Crippen LogP contribution in [0.25, 0.3) is 10.9 Å². The third-order valence-corrected chi connectivity index (χ3v) is 8.81. The summed E-state index contributed by atoms with van der Waals surface area (Å²) in [5, 5.41) is 1.06. The Morgan fingerprint density at radius 2 is 2.09 bits per heavy atom. The summed E-state index contributed by atoms with van der Waals surface area (Å²) in [6.45, 7) is 2.09. The summed E-state index contributed by atoms with van der Waals surface area (Å²) in [7, 11) is -3.78. The molecule has 1 aromatic heterocycles. The molecule has 1 aromatic carbocycles. The molecular formula is C27H30FN3O3S. The van der Waals surface area contributed by atoms with Crippen LogP contribution >= 0.6 is 0 Å². The van der Waals surface area contributed by atoms with Crippen LogP contribution in [0.3, 0.4) is 0 Å². The third kappa shape index (κ3) is 4.43. The molecule has 2 unspecified atom stereocenters. The van der Waals surface area contributed by atoms with E-state index >= 15 is 4.39 Å². The van der Waals surface area contributed by atoms with Gasteiger partial charge in [0.25, 0.3) is 5.91 Å². The van der Waals surface area contributed by atoms with E-state index in [4.69, 9.17) is 6.42 Å². The molecule has 2 heterocycles. The number of halogens is 1. The molecule has 2 aromatic rings. The predicted octanol–water partition coefficient (Wildman–Crippen LogP) is 4.28. The first-order valence-electron chi connectivity index (χ1n) is 12.3. The van der Waals surface area contributed by atoms with Crippen molar-refractivity contribution in [3.63, 3.8) is 0 Å². The van der Waals surface area contributed by atoms with Crippen LogP contribution in [0, 0.1) is 18.3 Å². The van der Waals surface area contributed by atoms with Crippen molar-refractivity contribution >= 4 is 26.8 Å². The number of sulfonamides is 1. The van der Waals surface area contributed by atoms with Crippen LogP contribution in [-0.2, 0) is 21.2 Å². The van der Waals surface area contributed by atoms with Gasteiger partial charge < -0.3 is 9.88 Å². The zero-order chi connectivity index (χ0) is 24.7. The van der Waals surface area contributed by atoms with Gasteiger partial charge in [-0.05, 0) is 55.4 Å². The molecular weight excluding hydrogens is 465 g/mol. The Bertz CT molecular complexity index is 1350. The summed E-state index contributed by atoms with van der Waals surface area (Å²) in [5.74, 6) is 1.01. The van der Waals surface area contributed by atoms with E-state index in [0.717, 1.165) is 60.3 Å². The minimum atomic E-state index is -3.78. The molecule has 4 atom stereocenters. The SMILES string of the molecule is C#CC(=O)N1[C@@H](CCCC)Cc2c([nH]c3ccccc23)[C@@H]1C1C=CC(S(=O)(=O)NC2CC2)=CC1F. The molecule has 2 N–H and O–H groups in total. The monoisotopic (exact) mass is 495 g/mol. The number of carbonyl (C=O) groups is 1. The van der Waals surface area contributed by atoms with Crippen molar-refractivity contribution in [2.24, 2.45) is 5.92 Å². The summed E-state index contributed by atoms with van der Waals surface area (Å²) in [6, 6.07) is 7.01. The molecule has 1 saturated carbocycles. The van der Waals surface area contributed by atoms with Crippen LogP contribution in [0.4, 0.5) is 4.39 Å². The lowest BCUT2D eigenvalue weighted by molar-refractivity contribution is -0.132. The Morgan fingerprint density at radius 3 is 2.77 bits per heavy atom. The number of benzene rings is 1. The van der Waals surface area contributed by atoms with Gasteiger partial charge in [-0.15, -0.1) is 6.42 Å². The number of aromatic amines is 1. The van der Waals surface area contributed by atoms with Crippen molar-refractivity contribution in [3.05, 3.63) is 58.7 Å². The molecule has 6 nitrogen and oxygen atoms in total. The third-order valence-electron chi connectivity index (χ3n) is 7.27. The number of nitrogens with zero attached hydrogens (tertiary/aromatic N) is 1. The number of hydrogen-bond donors (Lipinski definition) is 2. The molecule has 0 bridgehead atoms. The van der Waals surface area contributed by atoms with E-state index < -0.39 is 34.1 Å². The largest absolute Gasteiger partial charge is 0.356 e. The number of H-pyrrole nitrogens is 1. The zero-order valence-corrected chi connectivity index (χ0v) is 20.5. The van der Waals surface area contributed by atoms with Gasteiger partial charge in [-0.2, -0.15) is 0 Å². The van der Waals surface area contributed by atoms with Crippen molar-refractivity contribution in [2.45, 2.75) is 69.7 Å². The van der Waals surface area contributed by atoms with Gasteiger partial charge in [-0.3, -0.25) is 4.79 Å². The Hall–Kier alpha value is -2.89. The van der Waals surface area contributed by atoms with Crippen LogP contribution in [0.2, 0.25) is 0 Å². The quantitative estimate of drug-likeness (QED) is 0.563. The number of hydrogen-bond acceptors (Lipinski definition) is 3. The Morgan fingerprint density at radius 1 is 1.31 bits per heavy atom. The molecule has 2 aliphatic carbocycles. The normalized spacial score (nSPS) is 26.3. The van der Waals surface area contributed by atoms with Crippen molar-refractivity contribution in [1.29, 1.82) is 0 Å². The molecule has 35 heavy (non-hydrogen) atoms. The molecule has 0 saturated heterocycles. The maximum atomic E-state index is 15.8. The Kier molecular flexibility index (Phi) is 6.32. The number of unbranched alkanes of at least 4 members (excludes halogenated alkanes) is 1. The van der Waals surface area contributed by atoms with E-state index in [1.54, 1.807) is 11.0 Å². The average Bonchev–Trinajstić information content (AvgIpc) is 3.58. The first-order chi connectivity index (χ1) is 16.8. The van der Waals surface area contributed by atoms with Crippen LogP contribution < -0.4 is 4.72 Å². The second-order valence-electron chi connectivity index (χ2n) is 9.71. The number of rotatable bonds is 7. The highest BCUT2D eigenvalue weighted by molar-refractivity contribution is 7.93. The molecule has 184 valence electrons. The number of nitrogens with one attached hydrogen (secondary N) is 2. The lowest BCUT2D eigenvalue weighted by Crippen LogP contribution is -2.50. The number of terminal acetylenes is 1. The summed E-state index contributed by atoms with van der Waals surface area (Å²) in [6.07, 6.45) is 13.1. The summed E-state index contributed by atoms with van der Waals surface area (Å²) in [4.78, 5) is 18.1. The van der Waals surface area contributed by atoms with Gasteiger partial charge in [-0.1, -0.05) is 44.0 Å². The number of aromatic nitrogens is 1. The number of fused-ring (bicyclic) bond motifs is 3. The van der Waals surface area contributed by atoms with Crippen molar-refractivity contribution in [2.75, 3.05) is 0 Å². The number of alkyl halides is 1. The molecule has 0 radical (unpaired) electrons. The second kappa shape index (κ2) is 9.29. The van der Waals surface area contributed by atoms with Crippen molar-refractivity contribution in [3.8, 4) is 12.3 Å². The second-order valence-corrected chi connectivity index (χ2v) is 11.4. The highest BCUT2D eigenvalue weighted by atomic mass is 32.2. The highest BCUT2D eigenvalue weighted by Crippen LogP contribution is 2.45. The number of amides is 1. The minimum absolute atomic E-state index is 0.0691. The molecule has 0 spiro atoms. The van der Waals surface area contributed by atoms with Crippen LogP contribution in [0.5, 0.6) is 0 Å². The minimum Gasteiger partial charge on any atom is -0.356 e. The lowest BCUT2D eigenvalue weighted by atomic mass is 9.80. The first-order valence-corrected chi connectivity index (χ1v) is 13.8. The van der Waals surface area contributed by atoms with Gasteiger partial charge >= 0.3 is 0 Å². The van der Waals surface area contributed by atoms with Crippen LogP contribution in [0.15, 0.2) is 47.4 Å². The van der Waals surface area contributed by atoms with Crippen molar-refractivity contribution < 1.29 is 17.6 Å². The molecule has 1 amide bonds. The van der Waals surface area contributed by atoms with Crippen LogP contribution in [0.1, 0.15) is 56.3 Å². The number of carbonyl (C=O) groups excluding carboxylic acids is 1. The van der Waals surface area contributed by atoms with E-state index in [-0.39, 0.29) is 17.0 Å². The van der Waals surface area contributed by atoms with E-state index in [1.165, 1.54) is 6.08 Å². The number of allylic oxidation sites excluding steroid dienone is 2. The summed E-state index contributed by atoms with van der Waals surface area (Å²) in [5.41, 5.74) is 2.77. The van der Waals surface area contributed by atoms with Gasteiger partial charge in [0.15, 0.2) is 0 Å². The van der Waals surface area contributed by atoms with Gasteiger partial charge in [0.2, 0.25) is 10.0 Å². The van der Waals surface area contributed by atoms with Gasteiger partial charge in [0.1, 0.15) is 6.17 Å². The van der Waals surface area contributed by atoms with Crippen LogP contribution in [-0.4, -0.2) is 42.5 Å². The van der Waals surface area contributed by atoms with E-state index in [0.29, 0.717) is 6.42 Å². The zero-order valence-electron chi connectivity index (χ0n) is 19.7. The molecule has 1 aliphatic heterocycles. The smallest absolute Gasteiger partial charge is 0.299 e. The van der Waals surface area contributed by atoms with E-state index in [9.17, 15) is 13.2 Å². The summed E-state index contributed by atoms with van der Waals surface area (Å²) < 4.78 is 43.8. The fraction of sp³-hybridized carbons (Fsp3) is 0.444. The maximum Gasteiger partial charge on any atom is 0.299 e. The number of para-hydroxylation sites is 1. The predicted molar refractivity (Wildman–Crippen MR) is 134 cm³/mol. The fourth-order valence-corrected chi connectivity index (χ4v) is 6.78. The molecule has 5 rings (SSSR count). The summed E-state index contributed by atoms with van der Waals surface area (Å²) >= 11 is 0. The lowest BCUT2D eigenvalue weighted by Gasteiger charge is -2.45. The topological polar surface area (TPSA) is 82.3 Å². The van der Waals surface area contributed by atoms with E-state index in [2.05, 4.69) is 22.6 Å². The van der Waals surface area contributed by atoms with Crippen molar-refractivity contribution in [1.82, 2.24) is 14.6 Å². The van der Waals surface area contributed by atoms with Gasteiger partial charge in [0, 0.05) is 34.6 Å². The standard InChI is InChI=1S/C27H30FN3O3S/c1-3-5-8-18-15-22-20-9-6-7-10-24(20)29-26(22)27(31(18)25(32)4-2)21-14-13-19(16-23(21)28)35(33,34)30-17-11-12-17/h2,6-7,9-10,13-14,16-18,21,23,27,29-30H,3,5,8,11-12,15H2,1H3/t18-,21?,23?,27-/m0/s1. The molecule has 8 heteroatoms. The first kappa shape index (κ1) is 23.8. The van der Waals surface area contributed by atoms with Gasteiger partial charge in [-0.25, -0.2) is 17.5 Å². The van der Waals surface area contributed by atoms with Gasteiger partial charge in [0.05, 0.1) is 10.9 Å². The maximum absolute atomic E-state index is 15.8.